The summed E-state index contributed by atoms with van der Waals surface area (Å²) in [5.74, 6) is -0.570. The molecule has 196 valence electrons. The van der Waals surface area contributed by atoms with E-state index < -0.39 is 18.4 Å². The highest BCUT2D eigenvalue weighted by Crippen LogP contribution is 2.32. The number of ether oxygens (including phenoxy) is 1. The highest BCUT2D eigenvalue weighted by atomic mass is 32.1. The Hall–Kier alpha value is -3.39. The van der Waals surface area contributed by atoms with Crippen LogP contribution in [0.1, 0.15) is 29.5 Å². The smallest absolute Gasteiger partial charge is 0.406 e. The highest BCUT2D eigenvalue weighted by Gasteiger charge is 2.34. The number of aromatic nitrogens is 4. The van der Waals surface area contributed by atoms with E-state index in [-0.39, 0.29) is 24.0 Å². The van der Waals surface area contributed by atoms with Crippen LogP contribution in [0.3, 0.4) is 0 Å². The molecular formula is C23H23F4N7O2S. The Morgan fingerprint density at radius 2 is 1.97 bits per heavy atom. The van der Waals surface area contributed by atoms with Crippen molar-refractivity contribution in [2.24, 2.45) is 0 Å². The van der Waals surface area contributed by atoms with Gasteiger partial charge in [-0.2, -0.15) is 4.39 Å². The summed E-state index contributed by atoms with van der Waals surface area (Å²) in [5, 5.41) is 20.0. The van der Waals surface area contributed by atoms with Gasteiger partial charge in [0.05, 0.1) is 12.5 Å². The Labute approximate surface area is 213 Å². The van der Waals surface area contributed by atoms with E-state index in [1.54, 1.807) is 12.1 Å². The van der Waals surface area contributed by atoms with Crippen LogP contribution < -0.4 is 15.0 Å². The van der Waals surface area contributed by atoms with Gasteiger partial charge in [0.15, 0.2) is 11.6 Å². The molecule has 2 saturated heterocycles. The first-order valence-electron chi connectivity index (χ1n) is 11.7. The van der Waals surface area contributed by atoms with Crippen LogP contribution in [0.15, 0.2) is 36.4 Å². The number of halogens is 4. The van der Waals surface area contributed by atoms with Crippen LogP contribution in [-0.4, -0.2) is 69.7 Å². The molecule has 0 radical (unpaired) electrons. The van der Waals surface area contributed by atoms with Crippen molar-refractivity contribution in [3.05, 3.63) is 52.9 Å². The van der Waals surface area contributed by atoms with Gasteiger partial charge in [0, 0.05) is 32.2 Å². The Morgan fingerprint density at radius 1 is 1.14 bits per heavy atom. The van der Waals surface area contributed by atoms with Crippen molar-refractivity contribution in [3.8, 4) is 5.75 Å². The van der Waals surface area contributed by atoms with Gasteiger partial charge in [-0.3, -0.25) is 9.69 Å². The molecule has 2 atom stereocenters. The molecule has 4 heterocycles. The van der Waals surface area contributed by atoms with Crippen molar-refractivity contribution in [2.75, 3.05) is 36.4 Å². The van der Waals surface area contributed by atoms with Crippen LogP contribution in [0, 0.1) is 5.95 Å². The minimum Gasteiger partial charge on any atom is -0.406 e. The first-order chi connectivity index (χ1) is 17.7. The average molecular weight is 538 g/mol. The summed E-state index contributed by atoms with van der Waals surface area (Å²) in [6, 6.07) is 7.78. The van der Waals surface area contributed by atoms with Crippen molar-refractivity contribution >= 4 is 28.1 Å². The lowest BCUT2D eigenvalue weighted by Crippen LogP contribution is -2.44. The number of nitrogens with one attached hydrogen (secondary N) is 1. The molecule has 37 heavy (non-hydrogen) atoms. The van der Waals surface area contributed by atoms with Crippen LogP contribution in [0.5, 0.6) is 5.75 Å². The fourth-order valence-electron chi connectivity index (χ4n) is 4.45. The number of hydrogen-bond donors (Lipinski definition) is 1. The monoisotopic (exact) mass is 537 g/mol. The molecule has 3 aromatic rings. The first-order valence-corrected chi connectivity index (χ1v) is 12.5. The van der Waals surface area contributed by atoms with Crippen molar-refractivity contribution < 1.29 is 27.1 Å². The van der Waals surface area contributed by atoms with Gasteiger partial charge in [-0.05, 0) is 42.7 Å². The number of alkyl halides is 3. The average Bonchev–Trinajstić information content (AvgIpc) is 3.45. The van der Waals surface area contributed by atoms with Gasteiger partial charge in [0.25, 0.3) is 0 Å². The van der Waals surface area contributed by atoms with Crippen LogP contribution >= 0.6 is 11.3 Å². The summed E-state index contributed by atoms with van der Waals surface area (Å²) in [5.41, 5.74) is 0.448. The molecule has 0 aliphatic carbocycles. The Morgan fingerprint density at radius 3 is 2.68 bits per heavy atom. The van der Waals surface area contributed by atoms with Crippen molar-refractivity contribution in [1.82, 2.24) is 25.3 Å². The number of nitrogens with zero attached hydrogens (tertiary/aromatic N) is 6. The maximum absolute atomic E-state index is 13.3. The summed E-state index contributed by atoms with van der Waals surface area (Å²) in [4.78, 5) is 17.2. The molecule has 0 unspecified atom stereocenters. The number of anilines is 2. The van der Waals surface area contributed by atoms with E-state index in [9.17, 15) is 22.4 Å². The van der Waals surface area contributed by atoms with Crippen LogP contribution in [0.2, 0.25) is 0 Å². The lowest BCUT2D eigenvalue weighted by molar-refractivity contribution is -0.274. The standard InChI is InChI=1S/C23H23F4N7O2S/c24-18-5-6-19(30-29-18)34-10-7-15(13-34)28-22-32-31-20(37-22)12-17(35)21(33-8-2-9-33)14-3-1-4-16(11-14)36-23(25,26)27/h1,3-6,11,15,21H,2,7-10,12-13H2,(H,28,32)/t15-,21-/m1/s1. The van der Waals surface area contributed by atoms with Gasteiger partial charge < -0.3 is 15.0 Å². The molecule has 0 saturated carbocycles. The van der Waals surface area contributed by atoms with E-state index in [1.807, 2.05) is 9.80 Å². The maximum Gasteiger partial charge on any atom is 0.573 e. The van der Waals surface area contributed by atoms with Crippen LogP contribution in [0.25, 0.3) is 0 Å². The van der Waals surface area contributed by atoms with Crippen molar-refractivity contribution in [1.29, 1.82) is 0 Å². The predicted molar refractivity (Wildman–Crippen MR) is 127 cm³/mol. The number of carbonyl (C=O) groups excluding carboxylic acids is 1. The fraction of sp³-hybridized carbons (Fsp3) is 0.435. The molecule has 9 nitrogen and oxygen atoms in total. The number of hydrogen-bond acceptors (Lipinski definition) is 10. The van der Waals surface area contributed by atoms with Crippen molar-refractivity contribution in [2.45, 2.75) is 37.7 Å². The van der Waals surface area contributed by atoms with Gasteiger partial charge in [0.1, 0.15) is 10.8 Å². The summed E-state index contributed by atoms with van der Waals surface area (Å²) >= 11 is 1.27. The van der Waals surface area contributed by atoms with Gasteiger partial charge in [-0.1, -0.05) is 23.5 Å². The molecule has 14 heteroatoms. The van der Waals surface area contributed by atoms with Crippen LogP contribution in [-0.2, 0) is 11.2 Å². The molecule has 2 aliphatic rings. The zero-order valence-corrected chi connectivity index (χ0v) is 20.3. The van der Waals surface area contributed by atoms with Crippen molar-refractivity contribution in [3.63, 3.8) is 0 Å². The molecule has 1 aromatic carbocycles. The predicted octanol–water partition coefficient (Wildman–Crippen LogP) is 3.62. The Bertz CT molecular complexity index is 1240. The maximum atomic E-state index is 13.3. The number of Topliss-reactive ketones (excluding diaryl/α,β-unsaturated/α-hetero) is 1. The summed E-state index contributed by atoms with van der Waals surface area (Å²) in [7, 11) is 0. The number of rotatable bonds is 9. The minimum absolute atomic E-state index is 0.00678. The second-order valence-electron chi connectivity index (χ2n) is 8.85. The SMILES string of the molecule is O=C(Cc1nnc(N[C@@H]2CCN(c3ccc(F)nn3)C2)s1)[C@@H](c1cccc(OC(F)(F)F)c1)N1CCC1. The molecule has 1 N–H and O–H groups in total. The molecule has 0 bridgehead atoms. The lowest BCUT2D eigenvalue weighted by atomic mass is 9.96. The zero-order chi connectivity index (χ0) is 26.0. The third-order valence-corrected chi connectivity index (χ3v) is 7.07. The van der Waals surface area contributed by atoms with E-state index in [1.165, 1.54) is 35.6 Å². The summed E-state index contributed by atoms with van der Waals surface area (Å²) < 4.78 is 55.1. The molecular weight excluding hydrogens is 514 g/mol. The first kappa shape index (κ1) is 25.3. The highest BCUT2D eigenvalue weighted by molar-refractivity contribution is 7.15. The lowest BCUT2D eigenvalue weighted by Gasteiger charge is -2.37. The second kappa shape index (κ2) is 10.5. The van der Waals surface area contributed by atoms with E-state index in [4.69, 9.17) is 0 Å². The number of benzene rings is 1. The molecule has 0 amide bonds. The molecule has 2 fully saturated rings. The third kappa shape index (κ3) is 6.31. The Kier molecular flexibility index (Phi) is 7.20. The van der Waals surface area contributed by atoms with E-state index in [0.717, 1.165) is 19.4 Å². The quantitative estimate of drug-likeness (QED) is 0.411. The fourth-order valence-corrected chi connectivity index (χ4v) is 5.27. The molecule has 2 aromatic heterocycles. The van der Waals surface area contributed by atoms with E-state index >= 15 is 0 Å². The Balaban J connectivity index is 1.22. The largest absolute Gasteiger partial charge is 0.573 e. The molecule has 0 spiro atoms. The summed E-state index contributed by atoms with van der Waals surface area (Å²) in [6.45, 7) is 2.71. The zero-order valence-electron chi connectivity index (χ0n) is 19.5. The van der Waals surface area contributed by atoms with Gasteiger partial charge in [-0.25, -0.2) is 0 Å². The topological polar surface area (TPSA) is 96.4 Å². The van der Waals surface area contributed by atoms with Crippen LogP contribution in [0.4, 0.5) is 28.5 Å². The van der Waals surface area contributed by atoms with Gasteiger partial charge >= 0.3 is 6.36 Å². The third-order valence-electron chi connectivity index (χ3n) is 6.22. The normalized spacial score (nSPS) is 18.9. The van der Waals surface area contributed by atoms with Gasteiger partial charge in [0.2, 0.25) is 11.1 Å². The molecule has 2 aliphatic heterocycles. The number of likely N-dealkylation sites (tertiary alicyclic amines) is 1. The molecule has 5 rings (SSSR count). The van der Waals surface area contributed by atoms with E-state index in [2.05, 4.69) is 30.4 Å². The number of carbonyl (C=O) groups is 1. The second-order valence-corrected chi connectivity index (χ2v) is 9.91. The van der Waals surface area contributed by atoms with E-state index in [0.29, 0.717) is 41.2 Å². The minimum atomic E-state index is -4.81. The number of ketones is 1. The van der Waals surface area contributed by atoms with Gasteiger partial charge in [-0.15, -0.1) is 33.6 Å². The summed E-state index contributed by atoms with van der Waals surface area (Å²) in [6.07, 6.45) is -3.09.